The number of carbonyl (C=O) groups excluding carboxylic acids is 1. The Balaban J connectivity index is 1.45. The Morgan fingerprint density at radius 1 is 0.969 bits per heavy atom. The summed E-state index contributed by atoms with van der Waals surface area (Å²) in [6, 6.07) is 24.8. The third-order valence-corrected chi connectivity index (χ3v) is 6.19. The highest BCUT2D eigenvalue weighted by Crippen LogP contribution is 2.32. The Hall–Kier alpha value is -3.18. The number of para-hydroxylation sites is 1. The third-order valence-electron chi connectivity index (χ3n) is 6.19. The van der Waals surface area contributed by atoms with E-state index in [4.69, 9.17) is 4.74 Å². The van der Waals surface area contributed by atoms with Crippen LogP contribution >= 0.6 is 0 Å². The van der Waals surface area contributed by atoms with E-state index in [1.807, 2.05) is 48.5 Å². The number of benzene rings is 3. The maximum atomic E-state index is 13.2. The number of ether oxygens (including phenoxy) is 1. The van der Waals surface area contributed by atoms with Crippen LogP contribution in [0.4, 0.5) is 14.9 Å². The number of nitrogens with zero attached hydrogens (tertiary/aromatic N) is 2. The summed E-state index contributed by atoms with van der Waals surface area (Å²) in [5.74, 6) is 0.256. The first kappa shape index (κ1) is 22.0. The summed E-state index contributed by atoms with van der Waals surface area (Å²) >= 11 is 0. The SMILES string of the molecule is COC(=O)N(Cc1ccccc1C1CCN(Cc2ccc(F)cc2)CC1)c1ccccc1. The summed E-state index contributed by atoms with van der Waals surface area (Å²) in [4.78, 5) is 16.6. The van der Waals surface area contributed by atoms with Gasteiger partial charge in [0, 0.05) is 12.2 Å². The van der Waals surface area contributed by atoms with E-state index in [-0.39, 0.29) is 11.9 Å². The summed E-state index contributed by atoms with van der Waals surface area (Å²) < 4.78 is 18.2. The molecule has 1 heterocycles. The van der Waals surface area contributed by atoms with Crippen molar-refractivity contribution >= 4 is 11.8 Å². The van der Waals surface area contributed by atoms with Crippen LogP contribution in [0.2, 0.25) is 0 Å². The second kappa shape index (κ2) is 10.4. The van der Waals surface area contributed by atoms with Gasteiger partial charge in [-0.2, -0.15) is 0 Å². The van der Waals surface area contributed by atoms with Crippen LogP contribution in [0.15, 0.2) is 78.9 Å². The Morgan fingerprint density at radius 2 is 1.62 bits per heavy atom. The van der Waals surface area contributed by atoms with Crippen LogP contribution in [0.5, 0.6) is 0 Å². The molecule has 0 unspecified atom stereocenters. The molecule has 0 spiro atoms. The summed E-state index contributed by atoms with van der Waals surface area (Å²) in [5, 5.41) is 0. The number of hydrogen-bond donors (Lipinski definition) is 0. The lowest BCUT2D eigenvalue weighted by Crippen LogP contribution is -2.33. The van der Waals surface area contributed by atoms with E-state index < -0.39 is 0 Å². The number of methoxy groups -OCH3 is 1. The maximum Gasteiger partial charge on any atom is 0.414 e. The molecule has 4 nitrogen and oxygen atoms in total. The quantitative estimate of drug-likeness (QED) is 0.480. The van der Waals surface area contributed by atoms with Crippen LogP contribution in [-0.4, -0.2) is 31.2 Å². The van der Waals surface area contributed by atoms with Crippen LogP contribution in [0, 0.1) is 5.82 Å². The molecule has 32 heavy (non-hydrogen) atoms. The van der Waals surface area contributed by atoms with Crippen LogP contribution in [0.25, 0.3) is 0 Å². The van der Waals surface area contributed by atoms with E-state index in [0.29, 0.717) is 12.5 Å². The van der Waals surface area contributed by atoms with Crippen LogP contribution in [-0.2, 0) is 17.8 Å². The first-order valence-electron chi connectivity index (χ1n) is 11.1. The number of amides is 1. The van der Waals surface area contributed by atoms with Crippen LogP contribution < -0.4 is 4.90 Å². The van der Waals surface area contributed by atoms with E-state index in [0.717, 1.165) is 49.3 Å². The summed E-state index contributed by atoms with van der Waals surface area (Å²) in [6.45, 7) is 3.31. The predicted octanol–water partition coefficient (Wildman–Crippen LogP) is 5.98. The Labute approximate surface area is 189 Å². The van der Waals surface area contributed by atoms with Crippen molar-refractivity contribution in [2.45, 2.75) is 31.8 Å². The molecule has 0 N–H and O–H groups in total. The molecule has 1 amide bonds. The molecule has 3 aromatic carbocycles. The lowest BCUT2D eigenvalue weighted by atomic mass is 9.86. The van der Waals surface area contributed by atoms with Gasteiger partial charge in [0.15, 0.2) is 0 Å². The van der Waals surface area contributed by atoms with Gasteiger partial charge in [0.25, 0.3) is 0 Å². The zero-order valence-corrected chi connectivity index (χ0v) is 18.4. The number of halogens is 1. The highest BCUT2D eigenvalue weighted by atomic mass is 19.1. The van der Waals surface area contributed by atoms with Gasteiger partial charge < -0.3 is 4.74 Å². The smallest absolute Gasteiger partial charge is 0.414 e. The lowest BCUT2D eigenvalue weighted by Gasteiger charge is -2.33. The molecular formula is C27H29FN2O2. The molecule has 0 aliphatic carbocycles. The Kier molecular flexibility index (Phi) is 7.17. The predicted molar refractivity (Wildman–Crippen MR) is 125 cm³/mol. The van der Waals surface area contributed by atoms with Crippen molar-refractivity contribution in [1.82, 2.24) is 4.90 Å². The fourth-order valence-electron chi connectivity index (χ4n) is 4.48. The van der Waals surface area contributed by atoms with Crippen molar-refractivity contribution in [2.24, 2.45) is 0 Å². The molecule has 1 aliphatic heterocycles. The second-order valence-electron chi connectivity index (χ2n) is 8.27. The van der Waals surface area contributed by atoms with E-state index in [1.165, 1.54) is 24.8 Å². The molecule has 1 saturated heterocycles. The minimum absolute atomic E-state index is 0.194. The number of rotatable bonds is 6. The first-order chi connectivity index (χ1) is 15.6. The molecule has 0 aromatic heterocycles. The van der Waals surface area contributed by atoms with Crippen molar-refractivity contribution in [2.75, 3.05) is 25.1 Å². The normalized spacial score (nSPS) is 14.8. The highest BCUT2D eigenvalue weighted by Gasteiger charge is 2.24. The fourth-order valence-corrected chi connectivity index (χ4v) is 4.48. The first-order valence-corrected chi connectivity index (χ1v) is 11.1. The largest absolute Gasteiger partial charge is 0.452 e. The van der Waals surface area contributed by atoms with Gasteiger partial charge in [0.2, 0.25) is 0 Å². The average molecular weight is 433 g/mol. The summed E-state index contributed by atoms with van der Waals surface area (Å²) in [5.41, 5.74) is 4.42. The number of carbonyl (C=O) groups is 1. The second-order valence-corrected chi connectivity index (χ2v) is 8.27. The molecule has 1 aliphatic rings. The van der Waals surface area contributed by atoms with Gasteiger partial charge in [-0.1, -0.05) is 54.6 Å². The molecule has 5 heteroatoms. The third kappa shape index (κ3) is 5.35. The lowest BCUT2D eigenvalue weighted by molar-refractivity contribution is 0.178. The minimum atomic E-state index is -0.361. The zero-order chi connectivity index (χ0) is 22.3. The van der Waals surface area contributed by atoms with Gasteiger partial charge in [-0.05, 0) is 72.8 Å². The average Bonchev–Trinajstić information content (AvgIpc) is 2.85. The van der Waals surface area contributed by atoms with E-state index in [9.17, 15) is 9.18 Å². The number of piperidine rings is 1. The molecule has 0 saturated carbocycles. The van der Waals surface area contributed by atoms with Gasteiger partial charge in [-0.15, -0.1) is 0 Å². The summed E-state index contributed by atoms with van der Waals surface area (Å²) in [6.07, 6.45) is 1.75. The molecule has 0 radical (unpaired) electrons. The molecule has 3 aromatic rings. The van der Waals surface area contributed by atoms with Crippen molar-refractivity contribution in [1.29, 1.82) is 0 Å². The Morgan fingerprint density at radius 3 is 2.31 bits per heavy atom. The number of anilines is 1. The summed E-state index contributed by atoms with van der Waals surface area (Å²) in [7, 11) is 1.42. The standard InChI is InChI=1S/C27H29FN2O2/c1-32-27(31)30(25-8-3-2-4-9-25)20-23-7-5-6-10-26(23)22-15-17-29(18-16-22)19-21-11-13-24(28)14-12-21/h2-14,22H,15-20H2,1H3. The van der Waals surface area contributed by atoms with Gasteiger partial charge >= 0.3 is 6.09 Å². The molecule has 0 atom stereocenters. The van der Waals surface area contributed by atoms with Crippen molar-refractivity contribution in [3.8, 4) is 0 Å². The van der Waals surface area contributed by atoms with Gasteiger partial charge in [0.1, 0.15) is 5.82 Å². The molecule has 166 valence electrons. The van der Waals surface area contributed by atoms with E-state index in [2.05, 4.69) is 23.1 Å². The maximum absolute atomic E-state index is 13.2. The van der Waals surface area contributed by atoms with Crippen LogP contribution in [0.1, 0.15) is 35.4 Å². The molecule has 4 rings (SSSR count). The molecule has 1 fully saturated rings. The molecule has 0 bridgehead atoms. The Bertz CT molecular complexity index is 1020. The number of likely N-dealkylation sites (tertiary alicyclic amines) is 1. The van der Waals surface area contributed by atoms with Crippen molar-refractivity contribution < 1.29 is 13.9 Å². The van der Waals surface area contributed by atoms with Crippen molar-refractivity contribution in [3.63, 3.8) is 0 Å². The highest BCUT2D eigenvalue weighted by molar-refractivity contribution is 5.87. The fraction of sp³-hybridized carbons (Fsp3) is 0.296. The van der Waals surface area contributed by atoms with E-state index >= 15 is 0 Å². The zero-order valence-electron chi connectivity index (χ0n) is 18.4. The van der Waals surface area contributed by atoms with Crippen molar-refractivity contribution in [3.05, 3.63) is 101 Å². The minimum Gasteiger partial charge on any atom is -0.452 e. The van der Waals surface area contributed by atoms with Gasteiger partial charge in [-0.25, -0.2) is 9.18 Å². The van der Waals surface area contributed by atoms with E-state index in [1.54, 1.807) is 4.90 Å². The topological polar surface area (TPSA) is 32.8 Å². The monoisotopic (exact) mass is 432 g/mol. The van der Waals surface area contributed by atoms with Gasteiger partial charge in [0.05, 0.1) is 13.7 Å². The molecular weight excluding hydrogens is 403 g/mol. The number of hydrogen-bond acceptors (Lipinski definition) is 3. The van der Waals surface area contributed by atoms with Gasteiger partial charge in [-0.3, -0.25) is 9.80 Å². The van der Waals surface area contributed by atoms with Crippen LogP contribution in [0.3, 0.4) is 0 Å².